The van der Waals surface area contributed by atoms with Gasteiger partial charge in [-0.05, 0) is 30.0 Å². The van der Waals surface area contributed by atoms with Crippen LogP contribution < -0.4 is 4.74 Å². The molecule has 82 valence electrons. The van der Waals surface area contributed by atoms with E-state index in [4.69, 9.17) is 4.74 Å². The monoisotopic (exact) mass is 206 g/mol. The Kier molecular flexibility index (Phi) is 3.27. The predicted octanol–water partition coefficient (Wildman–Crippen LogP) is 2.92. The average Bonchev–Trinajstić information content (AvgIpc) is 2.23. The molecule has 0 spiro atoms. The second kappa shape index (κ2) is 4.67. The van der Waals surface area contributed by atoms with Crippen molar-refractivity contribution in [2.75, 3.05) is 7.11 Å². The van der Waals surface area contributed by atoms with Gasteiger partial charge < -0.3 is 9.84 Å². The molecular weight excluding hydrogens is 188 g/mol. The minimum absolute atomic E-state index is 0.304. The molecule has 0 radical (unpaired) electrons. The standard InChI is InChI=1S/C13H18O2/c1-15-12-7-5-11(6-8-12)13(14)9-10-3-2-4-10/h5-8,10,13-14H,2-4,9H2,1H3. The lowest BCUT2D eigenvalue weighted by atomic mass is 9.80. The summed E-state index contributed by atoms with van der Waals surface area (Å²) in [7, 11) is 1.65. The number of rotatable bonds is 4. The molecule has 2 nitrogen and oxygen atoms in total. The number of aliphatic hydroxyl groups excluding tert-OH is 1. The SMILES string of the molecule is COc1ccc(C(O)CC2CCC2)cc1. The van der Waals surface area contributed by atoms with Crippen molar-refractivity contribution >= 4 is 0 Å². The summed E-state index contributed by atoms with van der Waals surface area (Å²) in [6, 6.07) is 7.70. The molecule has 1 N–H and O–H groups in total. The van der Waals surface area contributed by atoms with Crippen molar-refractivity contribution in [2.24, 2.45) is 5.92 Å². The number of ether oxygens (including phenoxy) is 1. The van der Waals surface area contributed by atoms with Gasteiger partial charge >= 0.3 is 0 Å². The van der Waals surface area contributed by atoms with Crippen LogP contribution in [0, 0.1) is 5.92 Å². The number of aliphatic hydroxyl groups is 1. The average molecular weight is 206 g/mol. The maximum atomic E-state index is 9.98. The third-order valence-electron chi connectivity index (χ3n) is 3.28. The van der Waals surface area contributed by atoms with E-state index in [0.29, 0.717) is 0 Å². The molecule has 1 aromatic rings. The van der Waals surface area contributed by atoms with Gasteiger partial charge in [0.25, 0.3) is 0 Å². The van der Waals surface area contributed by atoms with Crippen molar-refractivity contribution in [1.29, 1.82) is 0 Å². The van der Waals surface area contributed by atoms with Crippen LogP contribution in [0.2, 0.25) is 0 Å². The fourth-order valence-electron chi connectivity index (χ4n) is 2.01. The Bertz CT molecular complexity index is 301. The quantitative estimate of drug-likeness (QED) is 0.820. The Balaban J connectivity index is 1.94. The zero-order valence-corrected chi connectivity index (χ0v) is 9.15. The van der Waals surface area contributed by atoms with Crippen molar-refractivity contribution in [3.05, 3.63) is 29.8 Å². The van der Waals surface area contributed by atoms with Gasteiger partial charge in [0.15, 0.2) is 0 Å². The highest BCUT2D eigenvalue weighted by atomic mass is 16.5. The highest BCUT2D eigenvalue weighted by molar-refractivity contribution is 5.28. The van der Waals surface area contributed by atoms with Crippen LogP contribution in [0.4, 0.5) is 0 Å². The van der Waals surface area contributed by atoms with Gasteiger partial charge in [0, 0.05) is 0 Å². The van der Waals surface area contributed by atoms with Gasteiger partial charge in [0.05, 0.1) is 13.2 Å². The molecule has 1 atom stereocenters. The summed E-state index contributed by atoms with van der Waals surface area (Å²) in [5.74, 6) is 1.58. The third-order valence-corrected chi connectivity index (χ3v) is 3.28. The smallest absolute Gasteiger partial charge is 0.118 e. The number of methoxy groups -OCH3 is 1. The van der Waals surface area contributed by atoms with E-state index in [1.54, 1.807) is 7.11 Å². The molecule has 1 aromatic carbocycles. The Hall–Kier alpha value is -1.02. The van der Waals surface area contributed by atoms with E-state index >= 15 is 0 Å². The molecule has 2 heteroatoms. The van der Waals surface area contributed by atoms with E-state index in [1.807, 2.05) is 24.3 Å². The van der Waals surface area contributed by atoms with Crippen molar-refractivity contribution in [3.8, 4) is 5.75 Å². The topological polar surface area (TPSA) is 29.5 Å². The number of hydrogen-bond donors (Lipinski definition) is 1. The van der Waals surface area contributed by atoms with Gasteiger partial charge in [-0.2, -0.15) is 0 Å². The molecule has 0 heterocycles. The largest absolute Gasteiger partial charge is 0.497 e. The molecule has 0 saturated heterocycles. The van der Waals surface area contributed by atoms with E-state index in [0.717, 1.165) is 23.7 Å². The molecule has 1 aliphatic rings. The fraction of sp³-hybridized carbons (Fsp3) is 0.538. The summed E-state index contributed by atoms with van der Waals surface area (Å²) in [6.07, 6.45) is 4.51. The fourth-order valence-corrected chi connectivity index (χ4v) is 2.01. The van der Waals surface area contributed by atoms with Crippen LogP contribution in [0.15, 0.2) is 24.3 Å². The summed E-state index contributed by atoms with van der Waals surface area (Å²) < 4.78 is 5.08. The summed E-state index contributed by atoms with van der Waals surface area (Å²) in [6.45, 7) is 0. The van der Waals surface area contributed by atoms with E-state index in [-0.39, 0.29) is 6.10 Å². The van der Waals surface area contributed by atoms with Gasteiger partial charge in [-0.15, -0.1) is 0 Å². The first-order valence-electron chi connectivity index (χ1n) is 5.61. The molecule has 2 rings (SSSR count). The van der Waals surface area contributed by atoms with E-state index in [2.05, 4.69) is 0 Å². The van der Waals surface area contributed by atoms with Gasteiger partial charge in [-0.1, -0.05) is 31.4 Å². The minimum atomic E-state index is -0.304. The highest BCUT2D eigenvalue weighted by Gasteiger charge is 2.21. The zero-order valence-electron chi connectivity index (χ0n) is 9.15. The van der Waals surface area contributed by atoms with Crippen LogP contribution in [0.3, 0.4) is 0 Å². The Morgan fingerprint density at radius 1 is 1.33 bits per heavy atom. The lowest BCUT2D eigenvalue weighted by Gasteiger charge is -2.27. The minimum Gasteiger partial charge on any atom is -0.497 e. The first-order valence-corrected chi connectivity index (χ1v) is 5.61. The maximum Gasteiger partial charge on any atom is 0.118 e. The lowest BCUT2D eigenvalue weighted by Crippen LogP contribution is -2.14. The zero-order chi connectivity index (χ0) is 10.7. The molecule has 0 amide bonds. The maximum absolute atomic E-state index is 9.98. The molecule has 1 aliphatic carbocycles. The lowest BCUT2D eigenvalue weighted by molar-refractivity contribution is 0.118. The van der Waals surface area contributed by atoms with Crippen LogP contribution >= 0.6 is 0 Å². The molecule has 0 bridgehead atoms. The molecular formula is C13H18O2. The van der Waals surface area contributed by atoms with Gasteiger partial charge in [-0.25, -0.2) is 0 Å². The van der Waals surface area contributed by atoms with Crippen molar-refractivity contribution in [3.63, 3.8) is 0 Å². The van der Waals surface area contributed by atoms with Crippen LogP contribution in [0.25, 0.3) is 0 Å². The Morgan fingerprint density at radius 2 is 2.00 bits per heavy atom. The number of benzene rings is 1. The number of hydrogen-bond acceptors (Lipinski definition) is 2. The Labute approximate surface area is 90.9 Å². The first-order chi connectivity index (χ1) is 7.29. The van der Waals surface area contributed by atoms with Crippen LogP contribution in [-0.4, -0.2) is 12.2 Å². The summed E-state index contributed by atoms with van der Waals surface area (Å²) in [5, 5.41) is 9.98. The normalized spacial score (nSPS) is 18.3. The molecule has 0 aliphatic heterocycles. The summed E-state index contributed by atoms with van der Waals surface area (Å²) >= 11 is 0. The third kappa shape index (κ3) is 2.51. The van der Waals surface area contributed by atoms with Gasteiger partial charge in [0.2, 0.25) is 0 Å². The van der Waals surface area contributed by atoms with Crippen LogP contribution in [0.5, 0.6) is 5.75 Å². The molecule has 1 saturated carbocycles. The molecule has 1 unspecified atom stereocenters. The molecule has 0 aromatic heterocycles. The van der Waals surface area contributed by atoms with Crippen LogP contribution in [0.1, 0.15) is 37.4 Å². The Morgan fingerprint density at radius 3 is 2.47 bits per heavy atom. The second-order valence-corrected chi connectivity index (χ2v) is 4.32. The highest BCUT2D eigenvalue weighted by Crippen LogP contribution is 2.34. The van der Waals surface area contributed by atoms with Gasteiger partial charge in [-0.3, -0.25) is 0 Å². The van der Waals surface area contributed by atoms with Crippen molar-refractivity contribution in [2.45, 2.75) is 31.8 Å². The second-order valence-electron chi connectivity index (χ2n) is 4.32. The van der Waals surface area contributed by atoms with E-state index in [9.17, 15) is 5.11 Å². The van der Waals surface area contributed by atoms with E-state index < -0.39 is 0 Å². The van der Waals surface area contributed by atoms with E-state index in [1.165, 1.54) is 19.3 Å². The molecule has 1 fully saturated rings. The van der Waals surface area contributed by atoms with Gasteiger partial charge in [0.1, 0.15) is 5.75 Å². The van der Waals surface area contributed by atoms with Crippen molar-refractivity contribution in [1.82, 2.24) is 0 Å². The van der Waals surface area contributed by atoms with Crippen molar-refractivity contribution < 1.29 is 9.84 Å². The van der Waals surface area contributed by atoms with Crippen LogP contribution in [-0.2, 0) is 0 Å². The predicted molar refractivity (Wildman–Crippen MR) is 59.9 cm³/mol. The summed E-state index contributed by atoms with van der Waals surface area (Å²) in [4.78, 5) is 0. The molecule has 15 heavy (non-hydrogen) atoms. The summed E-state index contributed by atoms with van der Waals surface area (Å²) in [5.41, 5.74) is 1.00. The first kappa shape index (κ1) is 10.5.